The second kappa shape index (κ2) is 8.45. The molecule has 3 aromatic heterocycles. The first kappa shape index (κ1) is 21.0. The summed E-state index contributed by atoms with van der Waals surface area (Å²) in [6.45, 7) is 5.82. The second-order valence-corrected chi connectivity index (χ2v) is 8.49. The molecule has 31 heavy (non-hydrogen) atoms. The predicted molar refractivity (Wildman–Crippen MR) is 125 cm³/mol. The summed E-state index contributed by atoms with van der Waals surface area (Å²) >= 11 is 7.51. The molecule has 1 N–H and O–H groups in total. The van der Waals surface area contributed by atoms with Crippen LogP contribution in [0.25, 0.3) is 17.1 Å². The molecule has 0 aliphatic carbocycles. The van der Waals surface area contributed by atoms with Crippen LogP contribution in [0.15, 0.2) is 58.8 Å². The van der Waals surface area contributed by atoms with Crippen LogP contribution >= 0.6 is 22.9 Å². The van der Waals surface area contributed by atoms with Crippen molar-refractivity contribution in [3.05, 3.63) is 91.8 Å². The van der Waals surface area contributed by atoms with E-state index in [0.717, 1.165) is 22.5 Å². The first-order valence-electron chi connectivity index (χ1n) is 9.52. The molecule has 0 aliphatic rings. The van der Waals surface area contributed by atoms with Crippen LogP contribution in [0.5, 0.6) is 0 Å². The minimum absolute atomic E-state index is 0.256. The highest BCUT2D eigenvalue weighted by atomic mass is 35.5. The van der Waals surface area contributed by atoms with E-state index in [-0.39, 0.29) is 11.5 Å². The molecule has 0 bridgehead atoms. The Balaban J connectivity index is 1.59. The van der Waals surface area contributed by atoms with Gasteiger partial charge < -0.3 is 0 Å². The van der Waals surface area contributed by atoms with Crippen LogP contribution in [0.2, 0.25) is 5.02 Å². The zero-order valence-corrected chi connectivity index (χ0v) is 18.7. The molecular weight excluding hydrogens is 432 g/mol. The molecule has 0 saturated carbocycles. The van der Waals surface area contributed by atoms with Crippen LogP contribution in [0.4, 0.5) is 5.13 Å². The van der Waals surface area contributed by atoms with E-state index in [9.17, 15) is 9.59 Å². The molecule has 0 atom stereocenters. The molecule has 6 nitrogen and oxygen atoms in total. The average molecular weight is 451 g/mol. The Morgan fingerprint density at radius 2 is 1.84 bits per heavy atom. The zero-order chi connectivity index (χ0) is 22.1. The van der Waals surface area contributed by atoms with Gasteiger partial charge in [0.05, 0.1) is 16.9 Å². The number of aromatic nitrogens is 3. The van der Waals surface area contributed by atoms with Gasteiger partial charge in [-0.25, -0.2) is 4.98 Å². The van der Waals surface area contributed by atoms with Gasteiger partial charge in [0.25, 0.3) is 11.5 Å². The number of pyridine rings is 2. The number of carbonyl (C=O) groups excluding carboxylic acids is 1. The molecule has 1 amide bonds. The van der Waals surface area contributed by atoms with Gasteiger partial charge in [-0.05, 0) is 62.2 Å². The van der Waals surface area contributed by atoms with Gasteiger partial charge in [-0.3, -0.25) is 24.5 Å². The van der Waals surface area contributed by atoms with Crippen molar-refractivity contribution in [3.63, 3.8) is 0 Å². The smallest absolute Gasteiger partial charge is 0.258 e. The van der Waals surface area contributed by atoms with Crippen molar-refractivity contribution in [3.8, 4) is 17.1 Å². The average Bonchev–Trinajstić information content (AvgIpc) is 3.18. The van der Waals surface area contributed by atoms with Gasteiger partial charge >= 0.3 is 0 Å². The lowest BCUT2D eigenvalue weighted by Gasteiger charge is -2.09. The van der Waals surface area contributed by atoms with E-state index in [4.69, 9.17) is 11.6 Å². The number of hydrogen-bond acceptors (Lipinski definition) is 5. The largest absolute Gasteiger partial charge is 0.298 e. The minimum atomic E-state index is -0.360. The topological polar surface area (TPSA) is 76.9 Å². The van der Waals surface area contributed by atoms with Gasteiger partial charge in [0.15, 0.2) is 5.13 Å². The summed E-state index contributed by atoms with van der Waals surface area (Å²) in [5.74, 6) is -0.360. The third-order valence-corrected chi connectivity index (χ3v) is 5.86. The molecular formula is C23H19ClN4O2S. The molecule has 0 spiro atoms. The van der Waals surface area contributed by atoms with Crippen molar-refractivity contribution in [1.29, 1.82) is 0 Å². The maximum Gasteiger partial charge on any atom is 0.258 e. The van der Waals surface area contributed by atoms with Gasteiger partial charge in [0.1, 0.15) is 5.69 Å². The molecule has 0 saturated heterocycles. The normalized spacial score (nSPS) is 10.8. The van der Waals surface area contributed by atoms with Gasteiger partial charge in [0.2, 0.25) is 0 Å². The summed E-state index contributed by atoms with van der Waals surface area (Å²) < 4.78 is 1.40. The highest BCUT2D eigenvalue weighted by molar-refractivity contribution is 7.14. The van der Waals surface area contributed by atoms with Crippen LogP contribution in [0, 0.1) is 20.8 Å². The van der Waals surface area contributed by atoms with Crippen molar-refractivity contribution >= 4 is 34.0 Å². The quantitative estimate of drug-likeness (QED) is 0.464. The van der Waals surface area contributed by atoms with E-state index in [0.29, 0.717) is 27.1 Å². The standard InChI is InChI=1S/C23H19ClN4O2S/c1-13-8-15(3)25-19(9-13)20-12-31-23(26-20)27-22(30)16-5-7-21(29)28(11-16)17-6-4-14(2)18(24)10-17/h4-12H,1-3H3,(H,26,27,30). The Bertz CT molecular complexity index is 1340. The first-order chi connectivity index (χ1) is 14.8. The van der Waals surface area contributed by atoms with Gasteiger partial charge in [0, 0.05) is 28.4 Å². The van der Waals surface area contributed by atoms with Crippen LogP contribution in [0.3, 0.4) is 0 Å². The second-order valence-electron chi connectivity index (χ2n) is 7.22. The van der Waals surface area contributed by atoms with Crippen molar-refractivity contribution < 1.29 is 4.79 Å². The maximum atomic E-state index is 12.8. The number of amides is 1. The summed E-state index contributed by atoms with van der Waals surface area (Å²) in [7, 11) is 0. The minimum Gasteiger partial charge on any atom is -0.298 e. The number of carbonyl (C=O) groups is 1. The zero-order valence-electron chi connectivity index (χ0n) is 17.1. The summed E-state index contributed by atoms with van der Waals surface area (Å²) in [5, 5.41) is 5.65. The SMILES string of the molecule is Cc1cc(C)nc(-c2csc(NC(=O)c3ccc(=O)n(-c4ccc(C)c(Cl)c4)c3)n2)c1. The molecule has 156 valence electrons. The Morgan fingerprint density at radius 3 is 2.58 bits per heavy atom. The fourth-order valence-corrected chi connectivity index (χ4v) is 4.02. The number of halogens is 1. The number of nitrogens with one attached hydrogen (secondary N) is 1. The molecule has 0 radical (unpaired) electrons. The van der Waals surface area contributed by atoms with Gasteiger partial charge in [-0.15, -0.1) is 11.3 Å². The Hall–Kier alpha value is -3.29. The van der Waals surface area contributed by atoms with Gasteiger partial charge in [-0.2, -0.15) is 0 Å². The van der Waals surface area contributed by atoms with Crippen LogP contribution in [-0.2, 0) is 0 Å². The van der Waals surface area contributed by atoms with Crippen LogP contribution < -0.4 is 10.9 Å². The number of anilines is 1. The third kappa shape index (κ3) is 4.57. The number of nitrogens with zero attached hydrogens (tertiary/aromatic N) is 3. The van der Waals surface area contributed by atoms with Crippen molar-refractivity contribution in [2.24, 2.45) is 0 Å². The van der Waals surface area contributed by atoms with E-state index in [1.165, 1.54) is 34.2 Å². The molecule has 8 heteroatoms. The lowest BCUT2D eigenvalue weighted by molar-refractivity contribution is 0.102. The molecule has 4 rings (SSSR count). The number of hydrogen-bond donors (Lipinski definition) is 1. The fraction of sp³-hybridized carbons (Fsp3) is 0.130. The van der Waals surface area contributed by atoms with E-state index in [1.807, 2.05) is 44.4 Å². The molecule has 0 fully saturated rings. The van der Waals surface area contributed by atoms with E-state index in [2.05, 4.69) is 15.3 Å². The molecule has 0 unspecified atom stereocenters. The Morgan fingerprint density at radius 1 is 1.03 bits per heavy atom. The molecule has 0 aliphatic heterocycles. The number of thiazole rings is 1. The lowest BCUT2D eigenvalue weighted by atomic mass is 10.2. The van der Waals surface area contributed by atoms with Crippen LogP contribution in [0.1, 0.15) is 27.2 Å². The fourth-order valence-electron chi connectivity index (χ4n) is 3.15. The van der Waals surface area contributed by atoms with E-state index < -0.39 is 0 Å². The maximum absolute atomic E-state index is 12.8. The summed E-state index contributed by atoms with van der Waals surface area (Å²) in [5.41, 5.74) is 5.04. The Kier molecular flexibility index (Phi) is 5.71. The highest BCUT2D eigenvalue weighted by Gasteiger charge is 2.13. The predicted octanol–water partition coefficient (Wildman–Crippen LogP) is 5.19. The summed E-state index contributed by atoms with van der Waals surface area (Å²) in [4.78, 5) is 34.1. The van der Waals surface area contributed by atoms with Crippen molar-refractivity contribution in [2.45, 2.75) is 20.8 Å². The third-order valence-electron chi connectivity index (χ3n) is 4.69. The van der Waals surface area contributed by atoms with E-state index in [1.54, 1.807) is 12.1 Å². The number of rotatable bonds is 4. The van der Waals surface area contributed by atoms with Gasteiger partial charge in [-0.1, -0.05) is 17.7 Å². The van der Waals surface area contributed by atoms with Crippen LogP contribution in [-0.4, -0.2) is 20.4 Å². The highest BCUT2D eigenvalue weighted by Crippen LogP contribution is 2.25. The number of aryl methyl sites for hydroxylation is 3. The van der Waals surface area contributed by atoms with Crippen molar-refractivity contribution in [2.75, 3.05) is 5.32 Å². The summed E-state index contributed by atoms with van der Waals surface area (Å²) in [6, 6.07) is 12.1. The molecule has 4 aromatic rings. The molecule has 1 aromatic carbocycles. The molecule has 3 heterocycles. The number of benzene rings is 1. The van der Waals surface area contributed by atoms with E-state index >= 15 is 0 Å². The van der Waals surface area contributed by atoms with Crippen molar-refractivity contribution in [1.82, 2.24) is 14.5 Å². The Labute approximate surface area is 188 Å². The lowest BCUT2D eigenvalue weighted by Crippen LogP contribution is -2.20. The monoisotopic (exact) mass is 450 g/mol. The summed E-state index contributed by atoms with van der Waals surface area (Å²) in [6.07, 6.45) is 1.50. The first-order valence-corrected chi connectivity index (χ1v) is 10.8.